The molecule has 0 radical (unpaired) electrons. The molecule has 1 aromatic rings. The lowest BCUT2D eigenvalue weighted by Gasteiger charge is -2.30. The average molecular weight is 191 g/mol. The van der Waals surface area contributed by atoms with E-state index in [0.717, 1.165) is 19.6 Å². The van der Waals surface area contributed by atoms with Crippen LogP contribution in [0.15, 0.2) is 30.3 Å². The molecule has 14 heavy (non-hydrogen) atoms. The van der Waals surface area contributed by atoms with E-state index in [1.165, 1.54) is 5.56 Å². The molecule has 1 aromatic carbocycles. The predicted octanol–water partition coefficient (Wildman–Crippen LogP) is 2.13. The molecule has 2 heteroatoms. The Morgan fingerprint density at radius 1 is 1.36 bits per heavy atom. The molecule has 76 valence electrons. The van der Waals surface area contributed by atoms with Gasteiger partial charge in [0.25, 0.3) is 0 Å². The molecule has 1 N–H and O–H groups in total. The van der Waals surface area contributed by atoms with Crippen molar-refractivity contribution in [1.82, 2.24) is 5.32 Å². The van der Waals surface area contributed by atoms with Gasteiger partial charge < -0.3 is 10.1 Å². The summed E-state index contributed by atoms with van der Waals surface area (Å²) in [5, 5.41) is 3.49. The third-order valence-electron chi connectivity index (χ3n) is 2.75. The minimum atomic E-state index is 0.235. The van der Waals surface area contributed by atoms with Crippen molar-refractivity contribution in [3.8, 4) is 0 Å². The SMILES string of the molecule is CC[C@H]1CO[C@H](c2ccccc2)CN1. The minimum Gasteiger partial charge on any atom is -0.371 e. The summed E-state index contributed by atoms with van der Waals surface area (Å²) in [7, 11) is 0. The summed E-state index contributed by atoms with van der Waals surface area (Å²) < 4.78 is 5.81. The standard InChI is InChI=1S/C12H17NO/c1-2-11-9-14-12(8-13-11)10-6-4-3-5-7-10/h3-7,11-13H,2,8-9H2,1H3/t11-,12-/m0/s1. The van der Waals surface area contributed by atoms with Crippen molar-refractivity contribution in [1.29, 1.82) is 0 Å². The highest BCUT2D eigenvalue weighted by Gasteiger charge is 2.20. The van der Waals surface area contributed by atoms with Gasteiger partial charge in [-0.2, -0.15) is 0 Å². The van der Waals surface area contributed by atoms with Gasteiger partial charge in [0, 0.05) is 12.6 Å². The number of nitrogens with one attached hydrogen (secondary N) is 1. The number of rotatable bonds is 2. The van der Waals surface area contributed by atoms with Gasteiger partial charge in [-0.05, 0) is 12.0 Å². The van der Waals surface area contributed by atoms with Crippen LogP contribution >= 0.6 is 0 Å². The molecule has 2 nitrogen and oxygen atoms in total. The normalized spacial score (nSPS) is 27.5. The number of hydrogen-bond acceptors (Lipinski definition) is 2. The smallest absolute Gasteiger partial charge is 0.0950 e. The highest BCUT2D eigenvalue weighted by molar-refractivity contribution is 5.18. The van der Waals surface area contributed by atoms with E-state index in [2.05, 4.69) is 36.5 Å². The van der Waals surface area contributed by atoms with E-state index < -0.39 is 0 Å². The van der Waals surface area contributed by atoms with Gasteiger partial charge in [0.05, 0.1) is 12.7 Å². The first-order valence-electron chi connectivity index (χ1n) is 5.30. The molecule has 0 spiro atoms. The molecule has 1 heterocycles. The predicted molar refractivity (Wildman–Crippen MR) is 57.2 cm³/mol. The molecule has 1 aliphatic heterocycles. The van der Waals surface area contributed by atoms with Crippen molar-refractivity contribution >= 4 is 0 Å². The number of benzene rings is 1. The second-order valence-corrected chi connectivity index (χ2v) is 3.75. The molecule has 2 atom stereocenters. The Hall–Kier alpha value is -0.860. The van der Waals surface area contributed by atoms with Crippen LogP contribution in [0.25, 0.3) is 0 Å². The Labute approximate surface area is 85.3 Å². The van der Waals surface area contributed by atoms with E-state index in [1.54, 1.807) is 0 Å². The van der Waals surface area contributed by atoms with Crippen molar-refractivity contribution in [2.75, 3.05) is 13.2 Å². The molecule has 0 bridgehead atoms. The van der Waals surface area contributed by atoms with Crippen molar-refractivity contribution < 1.29 is 4.74 Å². The van der Waals surface area contributed by atoms with E-state index in [9.17, 15) is 0 Å². The maximum absolute atomic E-state index is 5.81. The van der Waals surface area contributed by atoms with Gasteiger partial charge in [0.2, 0.25) is 0 Å². The monoisotopic (exact) mass is 191 g/mol. The lowest BCUT2D eigenvalue weighted by Crippen LogP contribution is -2.42. The van der Waals surface area contributed by atoms with Crippen LogP contribution in [0.1, 0.15) is 25.0 Å². The lowest BCUT2D eigenvalue weighted by atomic mass is 10.1. The molecule has 0 amide bonds. The van der Waals surface area contributed by atoms with Crippen LogP contribution < -0.4 is 5.32 Å². The highest BCUT2D eigenvalue weighted by Crippen LogP contribution is 2.19. The Kier molecular flexibility index (Phi) is 3.17. The first-order valence-corrected chi connectivity index (χ1v) is 5.30. The Bertz CT molecular complexity index is 265. The minimum absolute atomic E-state index is 0.235. The van der Waals surface area contributed by atoms with E-state index in [-0.39, 0.29) is 6.10 Å². The fraction of sp³-hybridized carbons (Fsp3) is 0.500. The van der Waals surface area contributed by atoms with E-state index >= 15 is 0 Å². The maximum atomic E-state index is 5.81. The molecule has 0 unspecified atom stereocenters. The molecule has 0 saturated carbocycles. The van der Waals surface area contributed by atoms with E-state index in [1.807, 2.05) is 6.07 Å². The molecular formula is C12H17NO. The zero-order chi connectivity index (χ0) is 9.80. The summed E-state index contributed by atoms with van der Waals surface area (Å²) in [6.45, 7) is 3.95. The number of hydrogen-bond donors (Lipinski definition) is 1. The molecular weight excluding hydrogens is 174 g/mol. The van der Waals surface area contributed by atoms with Gasteiger partial charge in [0.1, 0.15) is 0 Å². The van der Waals surface area contributed by atoms with Crippen molar-refractivity contribution in [3.63, 3.8) is 0 Å². The number of morpholine rings is 1. The Morgan fingerprint density at radius 3 is 2.71 bits per heavy atom. The Balaban J connectivity index is 1.96. The van der Waals surface area contributed by atoms with E-state index in [4.69, 9.17) is 4.74 Å². The summed E-state index contributed by atoms with van der Waals surface area (Å²) in [5.74, 6) is 0. The van der Waals surface area contributed by atoms with Gasteiger partial charge in [-0.25, -0.2) is 0 Å². The summed E-state index contributed by atoms with van der Waals surface area (Å²) >= 11 is 0. The molecule has 0 aromatic heterocycles. The van der Waals surface area contributed by atoms with Crippen LogP contribution in [-0.2, 0) is 4.74 Å². The van der Waals surface area contributed by atoms with Crippen LogP contribution in [0.3, 0.4) is 0 Å². The lowest BCUT2D eigenvalue weighted by molar-refractivity contribution is 0.00223. The Morgan fingerprint density at radius 2 is 2.14 bits per heavy atom. The summed E-state index contributed by atoms with van der Waals surface area (Å²) in [6, 6.07) is 10.9. The topological polar surface area (TPSA) is 21.3 Å². The molecule has 1 saturated heterocycles. The first-order chi connectivity index (χ1) is 6.90. The maximum Gasteiger partial charge on any atom is 0.0950 e. The second-order valence-electron chi connectivity index (χ2n) is 3.75. The molecule has 2 rings (SSSR count). The van der Waals surface area contributed by atoms with Gasteiger partial charge in [-0.1, -0.05) is 37.3 Å². The zero-order valence-corrected chi connectivity index (χ0v) is 8.57. The summed E-state index contributed by atoms with van der Waals surface area (Å²) in [6.07, 6.45) is 1.38. The van der Waals surface area contributed by atoms with Crippen LogP contribution in [0.4, 0.5) is 0 Å². The van der Waals surface area contributed by atoms with Crippen LogP contribution in [0, 0.1) is 0 Å². The van der Waals surface area contributed by atoms with Crippen LogP contribution in [-0.4, -0.2) is 19.2 Å². The van der Waals surface area contributed by atoms with Gasteiger partial charge in [0.15, 0.2) is 0 Å². The van der Waals surface area contributed by atoms with Crippen molar-refractivity contribution in [2.24, 2.45) is 0 Å². The third kappa shape index (κ3) is 2.14. The largest absolute Gasteiger partial charge is 0.371 e. The van der Waals surface area contributed by atoms with Gasteiger partial charge in [-0.15, -0.1) is 0 Å². The van der Waals surface area contributed by atoms with Crippen molar-refractivity contribution in [2.45, 2.75) is 25.5 Å². The van der Waals surface area contributed by atoms with Gasteiger partial charge in [-0.3, -0.25) is 0 Å². The van der Waals surface area contributed by atoms with E-state index in [0.29, 0.717) is 6.04 Å². The zero-order valence-electron chi connectivity index (χ0n) is 8.57. The molecule has 1 aliphatic rings. The molecule has 0 aliphatic carbocycles. The fourth-order valence-corrected chi connectivity index (χ4v) is 1.77. The quantitative estimate of drug-likeness (QED) is 0.773. The first kappa shape index (κ1) is 9.69. The fourth-order valence-electron chi connectivity index (χ4n) is 1.77. The van der Waals surface area contributed by atoms with Gasteiger partial charge >= 0.3 is 0 Å². The highest BCUT2D eigenvalue weighted by atomic mass is 16.5. The third-order valence-corrected chi connectivity index (χ3v) is 2.75. The molecule has 1 fully saturated rings. The number of ether oxygens (including phenoxy) is 1. The van der Waals surface area contributed by atoms with Crippen LogP contribution in [0.2, 0.25) is 0 Å². The second kappa shape index (κ2) is 4.58. The van der Waals surface area contributed by atoms with Crippen LogP contribution in [0.5, 0.6) is 0 Å². The average Bonchev–Trinajstić information content (AvgIpc) is 2.30. The summed E-state index contributed by atoms with van der Waals surface area (Å²) in [5.41, 5.74) is 1.27. The van der Waals surface area contributed by atoms with Crippen molar-refractivity contribution in [3.05, 3.63) is 35.9 Å². The summed E-state index contributed by atoms with van der Waals surface area (Å²) in [4.78, 5) is 0.